The third-order valence-corrected chi connectivity index (χ3v) is 3.55. The van der Waals surface area contributed by atoms with Gasteiger partial charge in [-0.25, -0.2) is 18.3 Å². The average molecular weight is 345 g/mol. The highest BCUT2D eigenvalue weighted by Crippen LogP contribution is 2.26. The van der Waals surface area contributed by atoms with Crippen molar-refractivity contribution in [3.63, 3.8) is 0 Å². The lowest BCUT2D eigenvalue weighted by Gasteiger charge is -2.05. The first-order valence-corrected chi connectivity index (χ1v) is 6.71. The Bertz CT molecular complexity index is 671. The summed E-state index contributed by atoms with van der Waals surface area (Å²) in [5, 5.41) is 13.4. The summed E-state index contributed by atoms with van der Waals surface area (Å²) >= 11 is 3.18. The van der Waals surface area contributed by atoms with E-state index < -0.39 is 17.6 Å². The van der Waals surface area contributed by atoms with Crippen LogP contribution in [-0.4, -0.2) is 20.9 Å². The SMILES string of the molecule is CCCc1nn(-c2ccc(F)cc2F)c(C(=O)O)c1Br. The first-order valence-electron chi connectivity index (χ1n) is 5.91. The number of carbonyl (C=O) groups is 1. The summed E-state index contributed by atoms with van der Waals surface area (Å²) < 4.78 is 28.0. The van der Waals surface area contributed by atoms with Crippen LogP contribution in [0.1, 0.15) is 29.5 Å². The molecular weight excluding hydrogens is 334 g/mol. The number of halogens is 3. The smallest absolute Gasteiger partial charge is 0.355 e. The number of nitrogens with zero attached hydrogens (tertiary/aromatic N) is 2. The first-order chi connectivity index (χ1) is 9.45. The molecular formula is C13H11BrF2N2O2. The Labute approximate surface area is 122 Å². The zero-order valence-corrected chi connectivity index (χ0v) is 12.1. The third kappa shape index (κ3) is 2.58. The van der Waals surface area contributed by atoms with Crippen LogP contribution in [0.25, 0.3) is 5.69 Å². The van der Waals surface area contributed by atoms with Gasteiger partial charge in [0.05, 0.1) is 10.2 Å². The highest BCUT2D eigenvalue weighted by Gasteiger charge is 2.23. The van der Waals surface area contributed by atoms with Crippen molar-refractivity contribution in [2.75, 3.05) is 0 Å². The predicted octanol–water partition coefficient (Wildman–Crippen LogP) is 3.56. The number of hydrogen-bond acceptors (Lipinski definition) is 2. The van der Waals surface area contributed by atoms with Gasteiger partial charge in [-0.3, -0.25) is 0 Å². The quantitative estimate of drug-likeness (QED) is 0.922. The van der Waals surface area contributed by atoms with Crippen LogP contribution >= 0.6 is 15.9 Å². The van der Waals surface area contributed by atoms with Crippen LogP contribution in [0, 0.1) is 11.6 Å². The molecule has 0 aliphatic heterocycles. The van der Waals surface area contributed by atoms with Crippen molar-refractivity contribution in [2.45, 2.75) is 19.8 Å². The van der Waals surface area contributed by atoms with Crippen molar-refractivity contribution in [2.24, 2.45) is 0 Å². The van der Waals surface area contributed by atoms with Gasteiger partial charge in [0.1, 0.15) is 11.5 Å². The Morgan fingerprint density at radius 2 is 2.15 bits per heavy atom. The molecule has 1 N–H and O–H groups in total. The minimum atomic E-state index is -1.24. The fraction of sp³-hybridized carbons (Fsp3) is 0.231. The Morgan fingerprint density at radius 1 is 1.45 bits per heavy atom. The molecule has 0 atom stereocenters. The first kappa shape index (κ1) is 14.6. The molecule has 2 rings (SSSR count). The number of hydrogen-bond donors (Lipinski definition) is 1. The van der Waals surface area contributed by atoms with Crippen molar-refractivity contribution >= 4 is 21.9 Å². The van der Waals surface area contributed by atoms with Crippen LogP contribution in [0.5, 0.6) is 0 Å². The Hall–Kier alpha value is -1.76. The minimum absolute atomic E-state index is 0.105. The zero-order chi connectivity index (χ0) is 14.9. The van der Waals surface area contributed by atoms with E-state index in [1.165, 1.54) is 0 Å². The lowest BCUT2D eigenvalue weighted by Crippen LogP contribution is -2.10. The predicted molar refractivity (Wildman–Crippen MR) is 72.1 cm³/mol. The second kappa shape index (κ2) is 5.70. The van der Waals surface area contributed by atoms with E-state index in [0.29, 0.717) is 22.7 Å². The summed E-state index contributed by atoms with van der Waals surface area (Å²) in [6.45, 7) is 1.92. The maximum Gasteiger partial charge on any atom is 0.355 e. The average Bonchev–Trinajstić information content (AvgIpc) is 2.67. The number of carboxylic acids is 1. The molecule has 0 amide bonds. The highest BCUT2D eigenvalue weighted by atomic mass is 79.9. The molecule has 0 radical (unpaired) electrons. The highest BCUT2D eigenvalue weighted by molar-refractivity contribution is 9.10. The van der Waals surface area contributed by atoms with E-state index in [1.807, 2.05) is 6.92 Å². The molecule has 1 aromatic heterocycles. The van der Waals surface area contributed by atoms with Gasteiger partial charge in [0.15, 0.2) is 11.5 Å². The second-order valence-corrected chi connectivity index (χ2v) is 4.96. The Balaban J connectivity index is 2.66. The molecule has 7 heteroatoms. The van der Waals surface area contributed by atoms with Gasteiger partial charge < -0.3 is 5.11 Å². The molecule has 0 bridgehead atoms. The maximum atomic E-state index is 13.8. The lowest BCUT2D eigenvalue weighted by atomic mass is 10.2. The number of aryl methyl sites for hydroxylation is 1. The van der Waals surface area contributed by atoms with Crippen LogP contribution < -0.4 is 0 Å². The summed E-state index contributed by atoms with van der Waals surface area (Å²) in [6, 6.07) is 2.90. The van der Waals surface area contributed by atoms with Crippen molar-refractivity contribution in [3.05, 3.63) is 45.7 Å². The van der Waals surface area contributed by atoms with Gasteiger partial charge in [-0.2, -0.15) is 5.10 Å². The monoisotopic (exact) mass is 344 g/mol. The van der Waals surface area contributed by atoms with E-state index in [-0.39, 0.29) is 11.4 Å². The summed E-state index contributed by atoms with van der Waals surface area (Å²) in [5.41, 5.74) is 0.236. The Morgan fingerprint density at radius 3 is 2.70 bits per heavy atom. The van der Waals surface area contributed by atoms with E-state index in [1.54, 1.807) is 0 Å². The van der Waals surface area contributed by atoms with Crippen LogP contribution in [0.4, 0.5) is 8.78 Å². The van der Waals surface area contributed by atoms with E-state index in [4.69, 9.17) is 0 Å². The fourth-order valence-corrected chi connectivity index (χ4v) is 2.47. The van der Waals surface area contributed by atoms with Crippen molar-refractivity contribution < 1.29 is 18.7 Å². The molecule has 0 saturated heterocycles. The molecule has 106 valence electrons. The molecule has 1 heterocycles. The van der Waals surface area contributed by atoms with Crippen molar-refractivity contribution in [1.82, 2.24) is 9.78 Å². The standard InChI is InChI=1S/C13H11BrF2N2O2/c1-2-3-9-11(14)12(13(19)20)18(17-9)10-5-4-7(15)6-8(10)16/h4-6H,2-3H2,1H3,(H,19,20). The molecule has 0 spiro atoms. The molecule has 0 aliphatic rings. The summed E-state index contributed by atoms with van der Waals surface area (Å²) in [7, 11) is 0. The second-order valence-electron chi connectivity index (χ2n) is 4.17. The van der Waals surface area contributed by atoms with E-state index in [2.05, 4.69) is 21.0 Å². The summed E-state index contributed by atoms with van der Waals surface area (Å²) in [4.78, 5) is 11.3. The van der Waals surface area contributed by atoms with E-state index in [0.717, 1.165) is 23.2 Å². The van der Waals surface area contributed by atoms with Gasteiger partial charge in [-0.1, -0.05) is 13.3 Å². The van der Waals surface area contributed by atoms with Crippen molar-refractivity contribution in [1.29, 1.82) is 0 Å². The third-order valence-electron chi connectivity index (χ3n) is 2.72. The number of benzene rings is 1. The van der Waals surface area contributed by atoms with Gasteiger partial charge in [0, 0.05) is 6.07 Å². The molecule has 4 nitrogen and oxygen atoms in total. The Kier molecular flexibility index (Phi) is 4.17. The molecule has 0 unspecified atom stereocenters. The number of aromatic nitrogens is 2. The number of carboxylic acid groups (broad SMARTS) is 1. The minimum Gasteiger partial charge on any atom is -0.476 e. The van der Waals surface area contributed by atoms with Gasteiger partial charge in [-0.15, -0.1) is 0 Å². The van der Waals surface area contributed by atoms with Crippen LogP contribution in [0.2, 0.25) is 0 Å². The van der Waals surface area contributed by atoms with Crippen LogP contribution in [0.15, 0.2) is 22.7 Å². The molecule has 1 aromatic carbocycles. The van der Waals surface area contributed by atoms with Gasteiger partial charge in [0.2, 0.25) is 0 Å². The van der Waals surface area contributed by atoms with Crippen LogP contribution in [-0.2, 0) is 6.42 Å². The summed E-state index contributed by atoms with van der Waals surface area (Å²) in [5.74, 6) is -2.84. The normalized spacial score (nSPS) is 10.8. The lowest BCUT2D eigenvalue weighted by molar-refractivity contribution is 0.0686. The zero-order valence-electron chi connectivity index (χ0n) is 10.5. The molecule has 0 fully saturated rings. The van der Waals surface area contributed by atoms with Gasteiger partial charge in [0.25, 0.3) is 0 Å². The van der Waals surface area contributed by atoms with E-state index >= 15 is 0 Å². The summed E-state index contributed by atoms with van der Waals surface area (Å²) in [6.07, 6.45) is 1.32. The van der Waals surface area contributed by atoms with Crippen LogP contribution in [0.3, 0.4) is 0 Å². The van der Waals surface area contributed by atoms with E-state index in [9.17, 15) is 18.7 Å². The molecule has 20 heavy (non-hydrogen) atoms. The largest absolute Gasteiger partial charge is 0.476 e. The molecule has 0 aliphatic carbocycles. The fourth-order valence-electron chi connectivity index (χ4n) is 1.85. The number of aromatic carboxylic acids is 1. The molecule has 0 saturated carbocycles. The topological polar surface area (TPSA) is 55.1 Å². The maximum absolute atomic E-state index is 13.8. The molecule has 2 aromatic rings. The van der Waals surface area contributed by atoms with Gasteiger partial charge in [-0.05, 0) is 34.5 Å². The number of rotatable bonds is 4. The van der Waals surface area contributed by atoms with Crippen molar-refractivity contribution in [3.8, 4) is 5.69 Å². The van der Waals surface area contributed by atoms with Gasteiger partial charge >= 0.3 is 5.97 Å².